The minimum absolute atomic E-state index is 0.184. The molecule has 11 aromatic carbocycles. The third kappa shape index (κ3) is 6.96. The molecule has 78 heavy (non-hydrogen) atoms. The summed E-state index contributed by atoms with van der Waals surface area (Å²) in [5, 5.41) is 4.84. The lowest BCUT2D eigenvalue weighted by Gasteiger charge is -2.25. The SMILES string of the molecule is CC1(C)c2ccccc2-c2ccc(-c3c4ccc(-n5c(-c6ccccc6)ccc5-c5ccccc5)cc4c(-c4ccc5c(c4)C(C)(C)c4ccccc4-5)c4ccc(-n5c(-c6ccccc6)ccc5-c5ccccc5)cc34)cc21. The molecule has 15 rings (SSSR count). The summed E-state index contributed by atoms with van der Waals surface area (Å²) in [4.78, 5) is 0. The summed E-state index contributed by atoms with van der Waals surface area (Å²) < 4.78 is 4.95. The molecule has 0 saturated heterocycles. The molecule has 0 N–H and O–H groups in total. The normalized spacial score (nSPS) is 13.6. The largest absolute Gasteiger partial charge is 0.309 e. The fourth-order valence-corrected chi connectivity index (χ4v) is 13.6. The summed E-state index contributed by atoms with van der Waals surface area (Å²) in [5.41, 5.74) is 26.8. The Labute approximate surface area is 456 Å². The number of hydrogen-bond donors (Lipinski definition) is 0. The van der Waals surface area contributed by atoms with Crippen LogP contribution >= 0.6 is 0 Å². The Morgan fingerprint density at radius 3 is 0.885 bits per heavy atom. The van der Waals surface area contributed by atoms with Crippen molar-refractivity contribution in [1.82, 2.24) is 9.13 Å². The molecular formula is C76H56N2. The topological polar surface area (TPSA) is 9.86 Å². The van der Waals surface area contributed by atoms with Crippen LogP contribution in [0.1, 0.15) is 49.9 Å². The van der Waals surface area contributed by atoms with Crippen LogP contribution in [0.25, 0.3) is 122 Å². The standard InChI is InChI=1S/C76H56N2/c1-75(2)65-31-19-17-29-57(65)59-37-33-53(45-67(59)75)73-61-39-35-56(78-71(51-25-13-7-14-26-51)43-44-72(78)52-27-15-8-16-28-52)48-64(61)74(54-34-38-60-58-30-18-20-32-66(58)76(3,4)68(60)46-54)62-40-36-55(47-63(62)73)77-69(49-21-9-5-10-22-49)41-42-70(77)50-23-11-6-12-24-50/h5-48H,1-4H3. The van der Waals surface area contributed by atoms with Gasteiger partial charge in [-0.15, -0.1) is 0 Å². The zero-order valence-corrected chi connectivity index (χ0v) is 44.3. The Morgan fingerprint density at radius 2 is 0.538 bits per heavy atom. The molecule has 0 spiro atoms. The lowest BCUT2D eigenvalue weighted by Crippen LogP contribution is -2.15. The highest BCUT2D eigenvalue weighted by atomic mass is 15.0. The van der Waals surface area contributed by atoms with E-state index in [4.69, 9.17) is 0 Å². The quantitative estimate of drug-likeness (QED) is 0.134. The van der Waals surface area contributed by atoms with Gasteiger partial charge in [-0.05, 0) is 171 Å². The van der Waals surface area contributed by atoms with Gasteiger partial charge in [0.2, 0.25) is 0 Å². The highest BCUT2D eigenvalue weighted by molar-refractivity contribution is 6.22. The van der Waals surface area contributed by atoms with E-state index in [-0.39, 0.29) is 10.8 Å². The van der Waals surface area contributed by atoms with E-state index in [2.05, 4.69) is 304 Å². The van der Waals surface area contributed by atoms with Gasteiger partial charge in [0.25, 0.3) is 0 Å². The molecule has 0 fully saturated rings. The molecule has 0 aliphatic heterocycles. The number of rotatable bonds is 8. The van der Waals surface area contributed by atoms with E-state index >= 15 is 0 Å². The number of aromatic nitrogens is 2. The Morgan fingerprint density at radius 1 is 0.231 bits per heavy atom. The predicted molar refractivity (Wildman–Crippen MR) is 328 cm³/mol. The third-order valence-corrected chi connectivity index (χ3v) is 17.4. The van der Waals surface area contributed by atoms with Crippen LogP contribution in [0.15, 0.2) is 267 Å². The number of nitrogens with zero attached hydrogens (tertiary/aromatic N) is 2. The molecule has 0 saturated carbocycles. The van der Waals surface area contributed by atoms with Gasteiger partial charge in [-0.1, -0.05) is 234 Å². The Kier molecular flexibility index (Phi) is 10.3. The molecule has 2 heterocycles. The first-order valence-electron chi connectivity index (χ1n) is 27.4. The molecule has 2 nitrogen and oxygen atoms in total. The monoisotopic (exact) mass is 996 g/mol. The first-order chi connectivity index (χ1) is 38.2. The average Bonchev–Trinajstić information content (AvgIpc) is 4.05. The van der Waals surface area contributed by atoms with Crippen LogP contribution < -0.4 is 0 Å². The maximum Gasteiger partial charge on any atom is 0.0535 e. The van der Waals surface area contributed by atoms with Crippen molar-refractivity contribution in [3.05, 3.63) is 289 Å². The molecular weight excluding hydrogens is 941 g/mol. The molecule has 0 radical (unpaired) electrons. The highest BCUT2D eigenvalue weighted by Gasteiger charge is 2.37. The van der Waals surface area contributed by atoms with Crippen LogP contribution in [-0.4, -0.2) is 9.13 Å². The van der Waals surface area contributed by atoms with Gasteiger partial charge in [-0.3, -0.25) is 0 Å². The number of hydrogen-bond acceptors (Lipinski definition) is 0. The van der Waals surface area contributed by atoms with Crippen LogP contribution in [0, 0.1) is 0 Å². The van der Waals surface area contributed by atoms with Crippen LogP contribution in [-0.2, 0) is 10.8 Å². The van der Waals surface area contributed by atoms with E-state index < -0.39 is 0 Å². The van der Waals surface area contributed by atoms with Crippen LogP contribution in [0.2, 0.25) is 0 Å². The van der Waals surface area contributed by atoms with Gasteiger partial charge in [-0.25, -0.2) is 0 Å². The zero-order chi connectivity index (χ0) is 52.3. The maximum absolute atomic E-state index is 2.52. The summed E-state index contributed by atoms with van der Waals surface area (Å²) in [6.07, 6.45) is 0. The van der Waals surface area contributed by atoms with Gasteiger partial charge < -0.3 is 9.13 Å². The smallest absolute Gasteiger partial charge is 0.0535 e. The zero-order valence-electron chi connectivity index (χ0n) is 44.3. The van der Waals surface area contributed by atoms with Gasteiger partial charge in [0, 0.05) is 22.2 Å². The molecule has 0 bridgehead atoms. The molecule has 0 atom stereocenters. The van der Waals surface area contributed by atoms with Crippen molar-refractivity contribution in [3.63, 3.8) is 0 Å². The van der Waals surface area contributed by atoms with Crippen molar-refractivity contribution in [2.75, 3.05) is 0 Å². The van der Waals surface area contributed by atoms with Crippen molar-refractivity contribution in [3.8, 4) is 101 Å². The average molecular weight is 997 g/mol. The molecule has 2 heteroatoms. The summed E-state index contributed by atoms with van der Waals surface area (Å²) >= 11 is 0. The molecule has 2 aliphatic carbocycles. The first kappa shape index (κ1) is 45.9. The summed E-state index contributed by atoms with van der Waals surface area (Å²) in [6.45, 7) is 9.58. The Hall–Kier alpha value is -9.50. The van der Waals surface area contributed by atoms with Crippen LogP contribution in [0.4, 0.5) is 0 Å². The minimum Gasteiger partial charge on any atom is -0.309 e. The van der Waals surface area contributed by atoms with E-state index in [0.29, 0.717) is 0 Å². The van der Waals surface area contributed by atoms with Crippen molar-refractivity contribution in [1.29, 1.82) is 0 Å². The second-order valence-electron chi connectivity index (χ2n) is 22.4. The first-order valence-corrected chi connectivity index (χ1v) is 27.4. The van der Waals surface area contributed by atoms with E-state index in [1.807, 2.05) is 0 Å². The van der Waals surface area contributed by atoms with E-state index in [0.717, 1.165) is 34.2 Å². The fourth-order valence-electron chi connectivity index (χ4n) is 13.6. The third-order valence-electron chi connectivity index (χ3n) is 17.4. The molecule has 13 aromatic rings. The molecule has 0 unspecified atom stereocenters. The van der Waals surface area contributed by atoms with Crippen molar-refractivity contribution in [2.45, 2.75) is 38.5 Å². The lowest BCUT2D eigenvalue weighted by atomic mass is 9.79. The Balaban J connectivity index is 1.07. The molecule has 370 valence electrons. The van der Waals surface area contributed by atoms with E-state index in [1.54, 1.807) is 0 Å². The predicted octanol–water partition coefficient (Wildman–Crippen LogP) is 20.2. The van der Waals surface area contributed by atoms with Gasteiger partial charge in [0.1, 0.15) is 0 Å². The molecule has 0 amide bonds. The Bertz CT molecular complexity index is 4110. The molecule has 2 aliphatic rings. The van der Waals surface area contributed by atoms with E-state index in [1.165, 1.54) is 111 Å². The van der Waals surface area contributed by atoms with Crippen molar-refractivity contribution < 1.29 is 0 Å². The lowest BCUT2D eigenvalue weighted by molar-refractivity contribution is 0.660. The summed E-state index contributed by atoms with van der Waals surface area (Å²) in [7, 11) is 0. The molecule has 2 aromatic heterocycles. The van der Waals surface area contributed by atoms with Gasteiger partial charge in [0.15, 0.2) is 0 Å². The van der Waals surface area contributed by atoms with Crippen LogP contribution in [0.5, 0.6) is 0 Å². The van der Waals surface area contributed by atoms with Gasteiger partial charge in [-0.2, -0.15) is 0 Å². The van der Waals surface area contributed by atoms with Crippen molar-refractivity contribution in [2.24, 2.45) is 0 Å². The summed E-state index contributed by atoms with van der Waals surface area (Å²) in [6, 6.07) is 99.7. The fraction of sp³-hybridized carbons (Fsp3) is 0.0789. The van der Waals surface area contributed by atoms with Crippen molar-refractivity contribution >= 4 is 21.5 Å². The second-order valence-corrected chi connectivity index (χ2v) is 22.4. The maximum atomic E-state index is 2.52. The van der Waals surface area contributed by atoms with Crippen LogP contribution in [0.3, 0.4) is 0 Å². The highest BCUT2D eigenvalue weighted by Crippen LogP contribution is 2.54. The van der Waals surface area contributed by atoms with Gasteiger partial charge >= 0.3 is 0 Å². The number of fused-ring (bicyclic) bond motifs is 8. The summed E-state index contributed by atoms with van der Waals surface area (Å²) in [5.74, 6) is 0. The second kappa shape index (κ2) is 17.5. The number of benzene rings is 11. The van der Waals surface area contributed by atoms with E-state index in [9.17, 15) is 0 Å². The van der Waals surface area contributed by atoms with Gasteiger partial charge in [0.05, 0.1) is 22.8 Å². The minimum atomic E-state index is -0.184.